The molecule has 1 saturated heterocycles. The summed E-state index contributed by atoms with van der Waals surface area (Å²) in [5.41, 5.74) is 1.09. The first kappa shape index (κ1) is 16.7. The van der Waals surface area contributed by atoms with Crippen molar-refractivity contribution >= 4 is 17.2 Å². The van der Waals surface area contributed by atoms with E-state index in [0.29, 0.717) is 31.2 Å². The van der Waals surface area contributed by atoms with Crippen molar-refractivity contribution in [2.45, 2.75) is 25.4 Å². The summed E-state index contributed by atoms with van der Waals surface area (Å²) < 4.78 is 7.57. The molecule has 0 N–H and O–H groups in total. The first-order valence-electron chi connectivity index (χ1n) is 8.57. The van der Waals surface area contributed by atoms with Gasteiger partial charge in [-0.05, 0) is 34.5 Å². The third kappa shape index (κ3) is 3.91. The Morgan fingerprint density at radius 3 is 2.77 bits per heavy atom. The van der Waals surface area contributed by atoms with E-state index in [1.165, 1.54) is 0 Å². The first-order chi connectivity index (χ1) is 12.8. The maximum absolute atomic E-state index is 12.3. The van der Waals surface area contributed by atoms with Crippen LogP contribution in [0.25, 0.3) is 5.82 Å². The molecule has 7 nitrogen and oxygen atoms in total. The molecular formula is C18H19N5O2S. The van der Waals surface area contributed by atoms with Crippen molar-refractivity contribution in [1.82, 2.24) is 24.9 Å². The zero-order chi connectivity index (χ0) is 17.8. The van der Waals surface area contributed by atoms with Gasteiger partial charge in [0.25, 0.3) is 0 Å². The van der Waals surface area contributed by atoms with Crippen molar-refractivity contribution in [3.8, 4) is 11.7 Å². The van der Waals surface area contributed by atoms with Crippen molar-refractivity contribution in [2.75, 3.05) is 13.1 Å². The van der Waals surface area contributed by atoms with Crippen LogP contribution in [-0.4, -0.2) is 50.0 Å². The number of amides is 1. The van der Waals surface area contributed by atoms with Gasteiger partial charge in [0, 0.05) is 44.4 Å². The van der Waals surface area contributed by atoms with E-state index in [1.807, 2.05) is 40.1 Å². The van der Waals surface area contributed by atoms with Gasteiger partial charge in [-0.25, -0.2) is 4.68 Å². The number of rotatable bonds is 5. The topological polar surface area (TPSA) is 73.1 Å². The summed E-state index contributed by atoms with van der Waals surface area (Å²) in [6.45, 7) is 1.43. The van der Waals surface area contributed by atoms with Crippen LogP contribution >= 0.6 is 11.3 Å². The van der Waals surface area contributed by atoms with E-state index in [2.05, 4.69) is 15.3 Å². The summed E-state index contributed by atoms with van der Waals surface area (Å²) in [6, 6.07) is 7.47. The molecule has 0 saturated carbocycles. The number of piperidine rings is 1. The molecular weight excluding hydrogens is 350 g/mol. The second kappa shape index (κ2) is 7.65. The van der Waals surface area contributed by atoms with Gasteiger partial charge in [0.2, 0.25) is 11.8 Å². The molecule has 1 fully saturated rings. The Kier molecular flexibility index (Phi) is 4.92. The molecule has 0 spiro atoms. The molecule has 26 heavy (non-hydrogen) atoms. The number of carbonyl (C=O) groups is 1. The summed E-state index contributed by atoms with van der Waals surface area (Å²) in [7, 11) is 0. The molecule has 0 radical (unpaired) electrons. The van der Waals surface area contributed by atoms with Crippen LogP contribution in [0.15, 0.2) is 47.4 Å². The van der Waals surface area contributed by atoms with E-state index in [9.17, 15) is 4.79 Å². The summed E-state index contributed by atoms with van der Waals surface area (Å²) in [5, 5.41) is 16.4. The molecule has 8 heteroatoms. The van der Waals surface area contributed by atoms with E-state index in [-0.39, 0.29) is 12.0 Å². The van der Waals surface area contributed by atoms with E-state index >= 15 is 0 Å². The summed E-state index contributed by atoms with van der Waals surface area (Å²) in [6.07, 6.45) is 5.66. The van der Waals surface area contributed by atoms with E-state index < -0.39 is 0 Å². The molecule has 1 aliphatic heterocycles. The number of nitrogens with zero attached hydrogens (tertiary/aromatic N) is 5. The maximum Gasteiger partial charge on any atom is 0.233 e. The lowest BCUT2D eigenvalue weighted by Crippen LogP contribution is -2.42. The highest BCUT2D eigenvalue weighted by molar-refractivity contribution is 7.08. The van der Waals surface area contributed by atoms with E-state index in [1.54, 1.807) is 28.3 Å². The molecule has 3 aromatic heterocycles. The zero-order valence-electron chi connectivity index (χ0n) is 14.2. The quantitative estimate of drug-likeness (QED) is 0.690. The third-order valence-electron chi connectivity index (χ3n) is 4.38. The van der Waals surface area contributed by atoms with Gasteiger partial charge in [0.1, 0.15) is 6.10 Å². The molecule has 0 aromatic carbocycles. The highest BCUT2D eigenvalue weighted by atomic mass is 32.1. The van der Waals surface area contributed by atoms with Crippen LogP contribution in [0.2, 0.25) is 0 Å². The number of hydrogen-bond acceptors (Lipinski definition) is 6. The largest absolute Gasteiger partial charge is 0.473 e. The Balaban J connectivity index is 1.28. The number of carbonyl (C=O) groups excluding carboxylic acids is 1. The van der Waals surface area contributed by atoms with Gasteiger partial charge in [-0.2, -0.15) is 16.4 Å². The van der Waals surface area contributed by atoms with Crippen LogP contribution in [0, 0.1) is 0 Å². The normalized spacial score (nSPS) is 15.2. The Morgan fingerprint density at radius 2 is 2.12 bits per heavy atom. The van der Waals surface area contributed by atoms with Crippen molar-refractivity contribution in [3.63, 3.8) is 0 Å². The fourth-order valence-corrected chi connectivity index (χ4v) is 3.64. The van der Waals surface area contributed by atoms with Gasteiger partial charge >= 0.3 is 0 Å². The molecule has 1 aliphatic rings. The smallest absolute Gasteiger partial charge is 0.233 e. The lowest BCUT2D eigenvalue weighted by atomic mass is 10.1. The van der Waals surface area contributed by atoms with Crippen LogP contribution in [0.5, 0.6) is 5.88 Å². The lowest BCUT2D eigenvalue weighted by molar-refractivity contribution is -0.132. The molecule has 4 rings (SSSR count). The average molecular weight is 369 g/mol. The van der Waals surface area contributed by atoms with Crippen LogP contribution in [0.3, 0.4) is 0 Å². The lowest BCUT2D eigenvalue weighted by Gasteiger charge is -2.31. The van der Waals surface area contributed by atoms with Gasteiger partial charge < -0.3 is 9.64 Å². The zero-order valence-corrected chi connectivity index (χ0v) is 15.0. The molecule has 1 amide bonds. The monoisotopic (exact) mass is 369 g/mol. The maximum atomic E-state index is 12.3. The second-order valence-electron chi connectivity index (χ2n) is 6.19. The van der Waals surface area contributed by atoms with Crippen LogP contribution < -0.4 is 4.74 Å². The summed E-state index contributed by atoms with van der Waals surface area (Å²) in [5.74, 6) is 1.34. The predicted octanol–water partition coefficient (Wildman–Crippen LogP) is 2.34. The molecule has 4 heterocycles. The van der Waals surface area contributed by atoms with Crippen molar-refractivity contribution < 1.29 is 9.53 Å². The average Bonchev–Trinajstić information content (AvgIpc) is 3.37. The first-order valence-corrected chi connectivity index (χ1v) is 9.51. The third-order valence-corrected chi connectivity index (χ3v) is 5.11. The predicted molar refractivity (Wildman–Crippen MR) is 97.4 cm³/mol. The molecule has 0 aliphatic carbocycles. The van der Waals surface area contributed by atoms with Crippen LogP contribution in [0.1, 0.15) is 18.4 Å². The van der Waals surface area contributed by atoms with Crippen LogP contribution in [0.4, 0.5) is 0 Å². The summed E-state index contributed by atoms with van der Waals surface area (Å²) >= 11 is 1.62. The van der Waals surface area contributed by atoms with Gasteiger partial charge in [-0.3, -0.25) is 4.79 Å². The Labute approximate surface area is 155 Å². The minimum absolute atomic E-state index is 0.0602. The van der Waals surface area contributed by atoms with E-state index in [0.717, 1.165) is 18.4 Å². The number of likely N-dealkylation sites (tertiary alicyclic amines) is 1. The Morgan fingerprint density at radius 1 is 1.23 bits per heavy atom. The molecule has 3 aromatic rings. The van der Waals surface area contributed by atoms with Crippen molar-refractivity contribution in [1.29, 1.82) is 0 Å². The number of thiophene rings is 1. The highest BCUT2D eigenvalue weighted by Crippen LogP contribution is 2.18. The summed E-state index contributed by atoms with van der Waals surface area (Å²) in [4.78, 5) is 14.3. The number of hydrogen-bond donors (Lipinski definition) is 0. The molecule has 0 bridgehead atoms. The fraction of sp³-hybridized carbons (Fsp3) is 0.333. The fourth-order valence-electron chi connectivity index (χ4n) is 2.98. The van der Waals surface area contributed by atoms with Gasteiger partial charge in [0.05, 0.1) is 6.42 Å². The van der Waals surface area contributed by atoms with Crippen molar-refractivity contribution in [2.24, 2.45) is 0 Å². The van der Waals surface area contributed by atoms with Gasteiger partial charge in [-0.1, -0.05) is 0 Å². The molecule has 0 atom stereocenters. The van der Waals surface area contributed by atoms with Crippen molar-refractivity contribution in [3.05, 3.63) is 53.0 Å². The Bertz CT molecular complexity index is 825. The molecule has 134 valence electrons. The Hall–Kier alpha value is -2.74. The second-order valence-corrected chi connectivity index (χ2v) is 6.97. The SMILES string of the molecule is O=C(Cc1ccsc1)N1CCC(Oc2ccc(-n3cccn3)nn2)CC1. The number of ether oxygens (including phenoxy) is 1. The van der Waals surface area contributed by atoms with Crippen LogP contribution in [-0.2, 0) is 11.2 Å². The molecule has 0 unspecified atom stereocenters. The van der Waals surface area contributed by atoms with E-state index in [4.69, 9.17) is 4.74 Å². The standard InChI is InChI=1S/C18H19N5O2S/c24-18(12-14-6-11-26-13-14)22-9-4-15(5-10-22)25-17-3-2-16(20-21-17)23-8-1-7-19-23/h1-3,6-8,11,13,15H,4-5,9-10,12H2. The minimum Gasteiger partial charge on any atom is -0.473 e. The number of aromatic nitrogens is 4. The van der Waals surface area contributed by atoms with Gasteiger partial charge in [0.15, 0.2) is 5.82 Å². The highest BCUT2D eigenvalue weighted by Gasteiger charge is 2.24. The minimum atomic E-state index is 0.0602. The van der Waals surface area contributed by atoms with Gasteiger partial charge in [-0.15, -0.1) is 10.2 Å².